The van der Waals surface area contributed by atoms with Crippen molar-refractivity contribution in [1.82, 2.24) is 25.6 Å². The number of benzene rings is 2. The molecular formula is C25H32N6O4. The van der Waals surface area contributed by atoms with E-state index in [9.17, 15) is 9.59 Å². The van der Waals surface area contributed by atoms with Crippen molar-refractivity contribution in [2.24, 2.45) is 0 Å². The number of carbonyl (C=O) groups excluding carboxylic acids is 2. The summed E-state index contributed by atoms with van der Waals surface area (Å²) in [7, 11) is 0. The molecule has 0 fully saturated rings. The highest BCUT2D eigenvalue weighted by atomic mass is 16.5. The Hall–Kier alpha value is -4.08. The number of rotatable bonds is 12. The molecule has 0 aliphatic heterocycles. The van der Waals surface area contributed by atoms with Crippen LogP contribution in [0.25, 0.3) is 0 Å². The van der Waals surface area contributed by atoms with E-state index < -0.39 is 5.91 Å². The maximum Gasteiger partial charge on any atom is 0.275 e. The molecule has 0 aliphatic carbocycles. The Bertz CT molecular complexity index is 1140. The zero-order valence-corrected chi connectivity index (χ0v) is 20.3. The fourth-order valence-electron chi connectivity index (χ4n) is 3.35. The molecule has 0 aliphatic rings. The highest BCUT2D eigenvalue weighted by molar-refractivity contribution is 5.96. The van der Waals surface area contributed by atoms with Gasteiger partial charge in [0.1, 0.15) is 6.54 Å². The summed E-state index contributed by atoms with van der Waals surface area (Å²) in [6, 6.07) is 13.6. The van der Waals surface area contributed by atoms with Crippen molar-refractivity contribution in [3.8, 4) is 11.5 Å². The van der Waals surface area contributed by atoms with E-state index in [0.29, 0.717) is 44.2 Å². The summed E-state index contributed by atoms with van der Waals surface area (Å²) in [5.74, 6) is 0.660. The monoisotopic (exact) mass is 480 g/mol. The fourth-order valence-corrected chi connectivity index (χ4v) is 3.35. The van der Waals surface area contributed by atoms with Gasteiger partial charge < -0.3 is 25.8 Å². The molecular weight excluding hydrogens is 448 g/mol. The van der Waals surface area contributed by atoms with Gasteiger partial charge in [0.2, 0.25) is 5.91 Å². The molecule has 10 heteroatoms. The first-order valence-corrected chi connectivity index (χ1v) is 11.6. The zero-order valence-electron chi connectivity index (χ0n) is 20.3. The van der Waals surface area contributed by atoms with Crippen LogP contribution in [0.5, 0.6) is 11.5 Å². The lowest BCUT2D eigenvalue weighted by molar-refractivity contribution is -0.122. The molecule has 0 radical (unpaired) electrons. The van der Waals surface area contributed by atoms with Gasteiger partial charge in [-0.2, -0.15) is 0 Å². The van der Waals surface area contributed by atoms with Gasteiger partial charge in [0.05, 0.1) is 13.2 Å². The molecule has 0 unspecified atom stereocenters. The van der Waals surface area contributed by atoms with Crippen LogP contribution in [0.3, 0.4) is 0 Å². The Morgan fingerprint density at radius 2 is 1.66 bits per heavy atom. The standard InChI is InChI=1S/C25H32N6O4/c1-4-34-20-11-10-18(14-21(20)35-5-2)12-13-27-25(33)23-24(26)31(30-29-23)16-22(32)28-15-19-8-6-17(3)7-9-19/h6-11,14H,4-5,12-13,15-16,26H2,1-3H3,(H,27,33)(H,28,32). The number of carbonyl (C=O) groups is 2. The molecule has 2 amide bonds. The summed E-state index contributed by atoms with van der Waals surface area (Å²) < 4.78 is 12.4. The van der Waals surface area contributed by atoms with E-state index in [1.807, 2.05) is 63.2 Å². The third kappa shape index (κ3) is 7.20. The number of nitrogens with two attached hydrogens (primary N) is 1. The predicted octanol–water partition coefficient (Wildman–Crippen LogP) is 2.26. The number of ether oxygens (including phenoxy) is 2. The second-order valence-corrected chi connectivity index (χ2v) is 7.90. The molecule has 3 rings (SSSR count). The van der Waals surface area contributed by atoms with Gasteiger partial charge >= 0.3 is 0 Å². The number of amides is 2. The maximum atomic E-state index is 12.5. The minimum Gasteiger partial charge on any atom is -0.490 e. The van der Waals surface area contributed by atoms with Gasteiger partial charge in [-0.25, -0.2) is 4.68 Å². The Morgan fingerprint density at radius 1 is 0.971 bits per heavy atom. The molecule has 2 aromatic carbocycles. The van der Waals surface area contributed by atoms with Crippen LogP contribution in [0.15, 0.2) is 42.5 Å². The third-order valence-electron chi connectivity index (χ3n) is 5.20. The summed E-state index contributed by atoms with van der Waals surface area (Å²) in [6.07, 6.45) is 0.577. The Morgan fingerprint density at radius 3 is 2.37 bits per heavy atom. The van der Waals surface area contributed by atoms with Crippen LogP contribution in [-0.2, 0) is 24.3 Å². The quantitative estimate of drug-likeness (QED) is 0.362. The lowest BCUT2D eigenvalue weighted by atomic mass is 10.1. The van der Waals surface area contributed by atoms with Crippen LogP contribution in [0.1, 0.15) is 41.0 Å². The Balaban J connectivity index is 1.50. The second kappa shape index (κ2) is 12.4. The number of nitrogen functional groups attached to an aromatic ring is 1. The number of anilines is 1. The van der Waals surface area contributed by atoms with Crippen molar-refractivity contribution in [3.63, 3.8) is 0 Å². The third-order valence-corrected chi connectivity index (χ3v) is 5.20. The zero-order chi connectivity index (χ0) is 25.2. The summed E-state index contributed by atoms with van der Waals surface area (Å²) in [5, 5.41) is 13.3. The molecule has 35 heavy (non-hydrogen) atoms. The van der Waals surface area contributed by atoms with Crippen LogP contribution in [0.2, 0.25) is 0 Å². The number of aryl methyl sites for hydroxylation is 1. The Labute approximate surface area is 204 Å². The molecule has 0 atom stereocenters. The Kier molecular flexibility index (Phi) is 9.05. The molecule has 10 nitrogen and oxygen atoms in total. The van der Waals surface area contributed by atoms with Gasteiger partial charge in [-0.05, 0) is 50.5 Å². The predicted molar refractivity (Wildman–Crippen MR) is 132 cm³/mol. The molecule has 0 bridgehead atoms. The van der Waals surface area contributed by atoms with Gasteiger partial charge in [0.25, 0.3) is 5.91 Å². The normalized spacial score (nSPS) is 10.6. The summed E-state index contributed by atoms with van der Waals surface area (Å²) in [5.41, 5.74) is 9.13. The van der Waals surface area contributed by atoms with Crippen LogP contribution in [-0.4, -0.2) is 46.6 Å². The van der Waals surface area contributed by atoms with Gasteiger partial charge in [0, 0.05) is 13.1 Å². The van der Waals surface area contributed by atoms with Crippen molar-refractivity contribution in [2.75, 3.05) is 25.5 Å². The van der Waals surface area contributed by atoms with E-state index in [4.69, 9.17) is 15.2 Å². The van der Waals surface area contributed by atoms with E-state index in [-0.39, 0.29) is 24.0 Å². The van der Waals surface area contributed by atoms with Crippen molar-refractivity contribution in [2.45, 2.75) is 40.3 Å². The van der Waals surface area contributed by atoms with E-state index in [0.717, 1.165) is 16.7 Å². The second-order valence-electron chi connectivity index (χ2n) is 7.90. The molecule has 186 valence electrons. The summed E-state index contributed by atoms with van der Waals surface area (Å²) >= 11 is 0. The minimum atomic E-state index is -0.454. The average molecular weight is 481 g/mol. The number of hydrogen-bond acceptors (Lipinski definition) is 7. The molecule has 0 saturated carbocycles. The van der Waals surface area contributed by atoms with E-state index >= 15 is 0 Å². The van der Waals surface area contributed by atoms with Crippen molar-refractivity contribution < 1.29 is 19.1 Å². The average Bonchev–Trinajstić information content (AvgIpc) is 3.20. The molecule has 4 N–H and O–H groups in total. The molecule has 1 heterocycles. The molecule has 0 spiro atoms. The topological polar surface area (TPSA) is 133 Å². The van der Waals surface area contributed by atoms with Crippen molar-refractivity contribution in [1.29, 1.82) is 0 Å². The number of hydrogen-bond donors (Lipinski definition) is 3. The van der Waals surface area contributed by atoms with Crippen LogP contribution in [0.4, 0.5) is 5.82 Å². The molecule has 0 saturated heterocycles. The smallest absolute Gasteiger partial charge is 0.275 e. The van der Waals surface area contributed by atoms with Crippen LogP contribution < -0.4 is 25.8 Å². The van der Waals surface area contributed by atoms with Gasteiger partial charge in [-0.1, -0.05) is 41.1 Å². The highest BCUT2D eigenvalue weighted by Crippen LogP contribution is 2.28. The van der Waals surface area contributed by atoms with Gasteiger partial charge in [0.15, 0.2) is 23.0 Å². The van der Waals surface area contributed by atoms with Crippen LogP contribution in [0, 0.1) is 6.92 Å². The lowest BCUT2D eigenvalue weighted by Gasteiger charge is -2.12. The lowest BCUT2D eigenvalue weighted by Crippen LogP contribution is -2.29. The van der Waals surface area contributed by atoms with Crippen molar-refractivity contribution in [3.05, 3.63) is 64.8 Å². The number of aromatic nitrogens is 3. The van der Waals surface area contributed by atoms with Gasteiger partial charge in [-0.3, -0.25) is 9.59 Å². The summed E-state index contributed by atoms with van der Waals surface area (Å²) in [4.78, 5) is 24.8. The van der Waals surface area contributed by atoms with Crippen LogP contribution >= 0.6 is 0 Å². The first-order valence-electron chi connectivity index (χ1n) is 11.6. The fraction of sp³-hybridized carbons (Fsp3) is 0.360. The first-order chi connectivity index (χ1) is 16.9. The van der Waals surface area contributed by atoms with E-state index in [1.54, 1.807) is 0 Å². The SMILES string of the molecule is CCOc1ccc(CCNC(=O)c2nnn(CC(=O)NCc3ccc(C)cc3)c2N)cc1OCC. The summed E-state index contributed by atoms with van der Waals surface area (Å²) in [6.45, 7) is 7.52. The van der Waals surface area contributed by atoms with E-state index in [2.05, 4.69) is 20.9 Å². The maximum absolute atomic E-state index is 12.5. The molecule has 3 aromatic rings. The minimum absolute atomic E-state index is 0.0157. The largest absolute Gasteiger partial charge is 0.490 e. The van der Waals surface area contributed by atoms with Gasteiger partial charge in [-0.15, -0.1) is 5.10 Å². The van der Waals surface area contributed by atoms with Crippen molar-refractivity contribution >= 4 is 17.6 Å². The van der Waals surface area contributed by atoms with E-state index in [1.165, 1.54) is 4.68 Å². The number of nitrogens with zero attached hydrogens (tertiary/aromatic N) is 3. The number of nitrogens with one attached hydrogen (secondary N) is 2. The molecule has 1 aromatic heterocycles. The highest BCUT2D eigenvalue weighted by Gasteiger charge is 2.18. The first kappa shape index (κ1) is 25.5.